The van der Waals surface area contributed by atoms with Crippen LogP contribution in [0.25, 0.3) is 0 Å². The molecule has 1 aromatic rings. The fourth-order valence-corrected chi connectivity index (χ4v) is 1.99. The second kappa shape index (κ2) is 5.66. The average molecular weight is 266 g/mol. The summed E-state index contributed by atoms with van der Waals surface area (Å²) in [5.74, 6) is -1.70. The number of carbonyl (C=O) groups is 2. The summed E-state index contributed by atoms with van der Waals surface area (Å²) in [4.78, 5) is 28.3. The summed E-state index contributed by atoms with van der Waals surface area (Å²) in [6.45, 7) is 0.799. The standard InChI is InChI=1S/C12H14N2O5/c15-9-2-1-3-13-11(9)12(18)14-4-5-19-7-8(14)6-10(16)17/h1-3,8,15H,4-7H2,(H,16,17)/t8-/m1/s1. The number of aromatic hydroxyl groups is 1. The lowest BCUT2D eigenvalue weighted by Gasteiger charge is -2.34. The first-order valence-corrected chi connectivity index (χ1v) is 5.84. The van der Waals surface area contributed by atoms with Crippen molar-refractivity contribution >= 4 is 11.9 Å². The van der Waals surface area contributed by atoms with Crippen molar-refractivity contribution in [3.8, 4) is 5.75 Å². The maximum Gasteiger partial charge on any atom is 0.305 e. The lowest BCUT2D eigenvalue weighted by molar-refractivity contribution is -0.139. The number of hydrogen-bond acceptors (Lipinski definition) is 5. The number of aromatic nitrogens is 1. The van der Waals surface area contributed by atoms with Gasteiger partial charge in [-0.05, 0) is 12.1 Å². The second-order valence-corrected chi connectivity index (χ2v) is 4.20. The summed E-state index contributed by atoms with van der Waals surface area (Å²) in [6, 6.07) is 2.34. The number of amides is 1. The van der Waals surface area contributed by atoms with Crippen LogP contribution in [0.15, 0.2) is 18.3 Å². The molecule has 1 fully saturated rings. The van der Waals surface area contributed by atoms with E-state index < -0.39 is 17.9 Å². The number of carboxylic acids is 1. The number of carboxylic acid groups (broad SMARTS) is 1. The molecule has 19 heavy (non-hydrogen) atoms. The Hall–Kier alpha value is -2.15. The molecule has 0 aromatic carbocycles. The van der Waals surface area contributed by atoms with Gasteiger partial charge < -0.3 is 19.8 Å². The van der Waals surface area contributed by atoms with E-state index in [0.717, 1.165) is 0 Å². The van der Waals surface area contributed by atoms with Crippen LogP contribution in [0.1, 0.15) is 16.9 Å². The number of aliphatic carboxylic acids is 1. The van der Waals surface area contributed by atoms with Gasteiger partial charge in [0.1, 0.15) is 5.75 Å². The van der Waals surface area contributed by atoms with E-state index >= 15 is 0 Å². The van der Waals surface area contributed by atoms with Crippen LogP contribution in [-0.2, 0) is 9.53 Å². The number of pyridine rings is 1. The summed E-state index contributed by atoms with van der Waals surface area (Å²) < 4.78 is 5.19. The van der Waals surface area contributed by atoms with Gasteiger partial charge in [-0.2, -0.15) is 0 Å². The minimum atomic E-state index is -1.00. The van der Waals surface area contributed by atoms with Crippen molar-refractivity contribution in [1.29, 1.82) is 0 Å². The molecule has 0 aliphatic carbocycles. The van der Waals surface area contributed by atoms with E-state index in [1.165, 1.54) is 23.2 Å². The van der Waals surface area contributed by atoms with E-state index in [1.807, 2.05) is 0 Å². The highest BCUT2D eigenvalue weighted by Gasteiger charge is 2.31. The van der Waals surface area contributed by atoms with Gasteiger partial charge in [0, 0.05) is 12.7 Å². The molecule has 1 saturated heterocycles. The lowest BCUT2D eigenvalue weighted by Crippen LogP contribution is -2.49. The molecule has 2 N–H and O–H groups in total. The summed E-state index contributed by atoms with van der Waals surface area (Å²) in [5, 5.41) is 18.5. The Morgan fingerprint density at radius 1 is 1.53 bits per heavy atom. The van der Waals surface area contributed by atoms with E-state index in [9.17, 15) is 14.7 Å². The Kier molecular flexibility index (Phi) is 3.96. The Morgan fingerprint density at radius 2 is 2.32 bits per heavy atom. The quantitative estimate of drug-likeness (QED) is 0.805. The van der Waals surface area contributed by atoms with Crippen LogP contribution >= 0.6 is 0 Å². The average Bonchev–Trinajstić information content (AvgIpc) is 2.38. The van der Waals surface area contributed by atoms with Gasteiger partial charge >= 0.3 is 5.97 Å². The van der Waals surface area contributed by atoms with Crippen LogP contribution in [-0.4, -0.2) is 57.8 Å². The Morgan fingerprint density at radius 3 is 3.00 bits per heavy atom. The first-order valence-electron chi connectivity index (χ1n) is 5.84. The molecule has 1 aliphatic rings. The number of nitrogens with zero attached hydrogens (tertiary/aromatic N) is 2. The summed E-state index contributed by atoms with van der Waals surface area (Å²) in [5.41, 5.74) is -0.0696. The van der Waals surface area contributed by atoms with Crippen LogP contribution < -0.4 is 0 Å². The number of ether oxygens (including phenoxy) is 1. The number of carbonyl (C=O) groups excluding carboxylic acids is 1. The molecule has 0 spiro atoms. The summed E-state index contributed by atoms with van der Waals surface area (Å²) in [7, 11) is 0. The topological polar surface area (TPSA) is 100.0 Å². The van der Waals surface area contributed by atoms with Gasteiger partial charge in [-0.1, -0.05) is 0 Å². The van der Waals surface area contributed by atoms with Crippen molar-refractivity contribution < 1.29 is 24.5 Å². The van der Waals surface area contributed by atoms with E-state index in [2.05, 4.69) is 4.98 Å². The second-order valence-electron chi connectivity index (χ2n) is 4.20. The first kappa shape index (κ1) is 13.3. The molecule has 0 unspecified atom stereocenters. The molecular formula is C12H14N2O5. The highest BCUT2D eigenvalue weighted by Crippen LogP contribution is 2.19. The van der Waals surface area contributed by atoms with Crippen molar-refractivity contribution in [2.24, 2.45) is 0 Å². The van der Waals surface area contributed by atoms with Gasteiger partial charge in [-0.25, -0.2) is 4.98 Å². The molecule has 7 heteroatoms. The van der Waals surface area contributed by atoms with Gasteiger partial charge in [-0.15, -0.1) is 0 Å². The monoisotopic (exact) mass is 266 g/mol. The molecule has 1 aromatic heterocycles. The number of morpholine rings is 1. The molecule has 1 amide bonds. The maximum absolute atomic E-state index is 12.3. The zero-order chi connectivity index (χ0) is 13.8. The van der Waals surface area contributed by atoms with E-state index in [1.54, 1.807) is 0 Å². The fraction of sp³-hybridized carbons (Fsp3) is 0.417. The van der Waals surface area contributed by atoms with Gasteiger partial charge in [0.2, 0.25) is 0 Å². The van der Waals surface area contributed by atoms with Crippen LogP contribution in [0.3, 0.4) is 0 Å². The molecule has 1 atom stereocenters. The van der Waals surface area contributed by atoms with Gasteiger partial charge in [0.15, 0.2) is 5.69 Å². The first-order chi connectivity index (χ1) is 9.09. The normalized spacial score (nSPS) is 19.2. The third-order valence-corrected chi connectivity index (χ3v) is 2.89. The van der Waals surface area contributed by atoms with Crippen molar-refractivity contribution in [1.82, 2.24) is 9.88 Å². The molecule has 0 radical (unpaired) electrons. The molecule has 102 valence electrons. The van der Waals surface area contributed by atoms with Crippen LogP contribution in [0.5, 0.6) is 5.75 Å². The third-order valence-electron chi connectivity index (χ3n) is 2.89. The third kappa shape index (κ3) is 3.00. The molecule has 1 aliphatic heterocycles. The van der Waals surface area contributed by atoms with E-state index in [0.29, 0.717) is 6.61 Å². The molecule has 0 bridgehead atoms. The predicted octanol–water partition coefficient (Wildman–Crippen LogP) is 0.103. The Bertz CT molecular complexity index is 491. The molecule has 2 rings (SSSR count). The molecule has 0 saturated carbocycles. The summed E-state index contributed by atoms with van der Waals surface area (Å²) >= 11 is 0. The van der Waals surface area contributed by atoms with Crippen LogP contribution in [0.2, 0.25) is 0 Å². The van der Waals surface area contributed by atoms with Crippen LogP contribution in [0.4, 0.5) is 0 Å². The predicted molar refractivity (Wildman–Crippen MR) is 63.8 cm³/mol. The van der Waals surface area contributed by atoms with Gasteiger partial charge in [0.05, 0.1) is 25.7 Å². The van der Waals surface area contributed by atoms with Crippen molar-refractivity contribution in [2.75, 3.05) is 19.8 Å². The highest BCUT2D eigenvalue weighted by molar-refractivity contribution is 5.95. The summed E-state index contributed by atoms with van der Waals surface area (Å²) in [6.07, 6.45) is 1.21. The molecular weight excluding hydrogens is 252 g/mol. The minimum absolute atomic E-state index is 0.0696. The lowest BCUT2D eigenvalue weighted by atomic mass is 10.1. The van der Waals surface area contributed by atoms with Crippen molar-refractivity contribution in [3.05, 3.63) is 24.0 Å². The number of rotatable bonds is 3. The minimum Gasteiger partial charge on any atom is -0.505 e. The van der Waals surface area contributed by atoms with E-state index in [4.69, 9.17) is 9.84 Å². The Labute approximate surface area is 109 Å². The van der Waals surface area contributed by atoms with Crippen LogP contribution in [0, 0.1) is 0 Å². The zero-order valence-electron chi connectivity index (χ0n) is 10.2. The SMILES string of the molecule is O=C(O)C[C@@H]1COCCN1C(=O)c1ncccc1O. The molecule has 2 heterocycles. The van der Waals surface area contributed by atoms with E-state index in [-0.39, 0.29) is 31.0 Å². The largest absolute Gasteiger partial charge is 0.505 e. The molecule has 7 nitrogen and oxygen atoms in total. The Balaban J connectivity index is 2.20. The van der Waals surface area contributed by atoms with Crippen molar-refractivity contribution in [2.45, 2.75) is 12.5 Å². The zero-order valence-corrected chi connectivity index (χ0v) is 10.2. The smallest absolute Gasteiger partial charge is 0.305 e. The van der Waals surface area contributed by atoms with Gasteiger partial charge in [0.25, 0.3) is 5.91 Å². The number of hydrogen-bond donors (Lipinski definition) is 2. The highest BCUT2D eigenvalue weighted by atomic mass is 16.5. The van der Waals surface area contributed by atoms with Gasteiger partial charge in [-0.3, -0.25) is 9.59 Å². The fourth-order valence-electron chi connectivity index (χ4n) is 1.99. The maximum atomic E-state index is 12.3. The van der Waals surface area contributed by atoms with Crippen molar-refractivity contribution in [3.63, 3.8) is 0 Å².